The number of nitrogens with zero attached hydrogens (tertiary/aromatic N) is 1. The van der Waals surface area contributed by atoms with Crippen LogP contribution in [0.25, 0.3) is 0 Å². The molecule has 0 amide bonds. The van der Waals surface area contributed by atoms with Crippen molar-refractivity contribution in [2.24, 2.45) is 11.8 Å². The van der Waals surface area contributed by atoms with Gasteiger partial charge in [0.15, 0.2) is 6.10 Å². The summed E-state index contributed by atoms with van der Waals surface area (Å²) < 4.78 is 34.1. The number of phosphoric ester groups is 1. The topological polar surface area (TPSA) is 169 Å². The first-order valence-electron chi connectivity index (χ1n) is 22.2. The highest BCUT2D eigenvalue weighted by molar-refractivity contribution is 7.47. The molecule has 1 unspecified atom stereocenters. The van der Waals surface area contributed by atoms with Gasteiger partial charge in [-0.2, -0.15) is 0 Å². The number of esters is 2. The van der Waals surface area contributed by atoms with Gasteiger partial charge in [0.05, 0.1) is 52.5 Å². The number of ether oxygens (including phenoxy) is 2. The van der Waals surface area contributed by atoms with E-state index in [2.05, 4.69) is 74.6 Å². The van der Waals surface area contributed by atoms with Crippen LogP contribution in [0, 0.1) is 11.8 Å². The molecule has 0 radical (unpaired) electrons. The van der Waals surface area contributed by atoms with E-state index >= 15 is 0 Å². The second-order valence-electron chi connectivity index (χ2n) is 16.3. The van der Waals surface area contributed by atoms with Crippen molar-refractivity contribution >= 4 is 19.8 Å². The molecular formula is C48H79NO11P+. The molecule has 61 heavy (non-hydrogen) atoms. The predicted octanol–water partition coefficient (Wildman–Crippen LogP) is 8.95. The zero-order chi connectivity index (χ0) is 45.2. The van der Waals surface area contributed by atoms with Crippen LogP contribution in [0.2, 0.25) is 0 Å². The Balaban J connectivity index is 2.60. The highest BCUT2D eigenvalue weighted by Gasteiger charge is 2.39. The Morgan fingerprint density at radius 3 is 1.92 bits per heavy atom. The van der Waals surface area contributed by atoms with Gasteiger partial charge in [0.1, 0.15) is 19.8 Å². The summed E-state index contributed by atoms with van der Waals surface area (Å²) in [6.45, 7) is 3.70. The van der Waals surface area contributed by atoms with Crippen molar-refractivity contribution < 1.29 is 57.4 Å². The number of rotatable bonds is 34. The van der Waals surface area contributed by atoms with Crippen molar-refractivity contribution in [3.05, 3.63) is 97.2 Å². The summed E-state index contributed by atoms with van der Waals surface area (Å²) in [6, 6.07) is 0. The van der Waals surface area contributed by atoms with Crippen LogP contribution in [-0.2, 0) is 32.7 Å². The summed E-state index contributed by atoms with van der Waals surface area (Å²) in [5, 5.41) is 31.4. The fourth-order valence-corrected chi connectivity index (χ4v) is 6.93. The lowest BCUT2D eigenvalue weighted by atomic mass is 9.89. The Morgan fingerprint density at radius 1 is 0.754 bits per heavy atom. The molecule has 1 fully saturated rings. The van der Waals surface area contributed by atoms with E-state index in [-0.39, 0.29) is 44.3 Å². The highest BCUT2D eigenvalue weighted by Crippen LogP contribution is 2.43. The van der Waals surface area contributed by atoms with Gasteiger partial charge in [0, 0.05) is 18.8 Å². The SMILES string of the molecule is CC/C=C\C/C=C\C/C=C\C/C=C\C/C=C\C/C=C\CCC(=O)OC[C@H](COP(=O)(O)OCC[N+](C)(C)C)OC(=O)C/C=C\C[C@H]1[C@@H](/C=C/[C@H](O)CCCCC)[C@H](O)C[C@@H]1O. The van der Waals surface area contributed by atoms with E-state index in [0.29, 0.717) is 30.3 Å². The molecule has 0 heterocycles. The van der Waals surface area contributed by atoms with Crippen LogP contribution in [-0.4, -0.2) is 109 Å². The molecule has 0 aliphatic heterocycles. The summed E-state index contributed by atoms with van der Waals surface area (Å²) in [4.78, 5) is 35.6. The molecule has 0 aromatic heterocycles. The Morgan fingerprint density at radius 2 is 1.34 bits per heavy atom. The Labute approximate surface area is 367 Å². The van der Waals surface area contributed by atoms with Gasteiger partial charge in [-0.3, -0.25) is 18.6 Å². The summed E-state index contributed by atoms with van der Waals surface area (Å²) in [5.74, 6) is -1.86. The standard InChI is InChI=1S/C48H78NO11P/c1-6-8-10-11-12-13-14-15-16-17-18-19-20-21-22-23-24-25-27-32-47(53)57-39-42(40-59-61(55,56)58-37-36-49(3,4)5)60-48(54)33-29-28-31-43-44(46(52)38-45(43)51)35-34-41(50)30-26-9-7-2/h8,10,12-13,15-16,18-19,21-22,24-25,28-29,34-35,41-46,50-52H,6-7,9,11,14,17,20,23,26-27,30-33,36-40H2,1-5H3/p+1/b10-8-,13-12-,16-15-,19-18-,22-21-,25-24-,29-28-,35-34+/t41-,42-,43+,44-,45+,46-/m1/s1. The number of carbonyl (C=O) groups is 2. The molecule has 0 bridgehead atoms. The average molecular weight is 877 g/mol. The van der Waals surface area contributed by atoms with E-state index in [0.717, 1.165) is 57.8 Å². The summed E-state index contributed by atoms with van der Waals surface area (Å²) in [6.07, 6.45) is 38.9. The number of likely N-dealkylation sites (N-methyl/N-ethyl adjacent to an activating group) is 1. The third kappa shape index (κ3) is 31.3. The molecular weight excluding hydrogens is 797 g/mol. The maximum absolute atomic E-state index is 12.8. The van der Waals surface area contributed by atoms with E-state index in [1.807, 2.05) is 33.3 Å². The van der Waals surface area contributed by atoms with E-state index in [9.17, 15) is 34.4 Å². The lowest BCUT2D eigenvalue weighted by molar-refractivity contribution is -0.870. The maximum atomic E-state index is 12.8. The third-order valence-electron chi connectivity index (χ3n) is 9.71. The fraction of sp³-hybridized carbons (Fsp3) is 0.625. The molecule has 1 rings (SSSR count). The van der Waals surface area contributed by atoms with E-state index in [1.54, 1.807) is 24.3 Å². The number of hydrogen-bond acceptors (Lipinski definition) is 10. The van der Waals surface area contributed by atoms with Crippen LogP contribution in [0.5, 0.6) is 0 Å². The molecule has 0 aromatic carbocycles. The summed E-state index contributed by atoms with van der Waals surface area (Å²) in [7, 11) is 1.22. The smallest absolute Gasteiger partial charge is 0.462 e. The Hall–Kier alpha value is -3.19. The van der Waals surface area contributed by atoms with Gasteiger partial charge in [-0.25, -0.2) is 4.57 Å². The number of carbonyl (C=O) groups excluding carboxylic acids is 2. The molecule has 1 saturated carbocycles. The van der Waals surface area contributed by atoms with Crippen molar-refractivity contribution in [1.29, 1.82) is 0 Å². The van der Waals surface area contributed by atoms with Gasteiger partial charge in [0.2, 0.25) is 0 Å². The van der Waals surface area contributed by atoms with Crippen LogP contribution in [0.3, 0.4) is 0 Å². The van der Waals surface area contributed by atoms with Crippen LogP contribution >= 0.6 is 7.82 Å². The molecule has 0 spiro atoms. The highest BCUT2D eigenvalue weighted by atomic mass is 31.2. The van der Waals surface area contributed by atoms with Gasteiger partial charge >= 0.3 is 19.8 Å². The van der Waals surface area contributed by atoms with Gasteiger partial charge in [-0.15, -0.1) is 0 Å². The quantitative estimate of drug-likeness (QED) is 0.0160. The fourth-order valence-electron chi connectivity index (χ4n) is 6.19. The summed E-state index contributed by atoms with van der Waals surface area (Å²) >= 11 is 0. The van der Waals surface area contributed by atoms with Crippen molar-refractivity contribution in [2.45, 2.75) is 135 Å². The predicted molar refractivity (Wildman–Crippen MR) is 244 cm³/mol. The second kappa shape index (κ2) is 34.3. The number of aliphatic hydroxyl groups excluding tert-OH is 3. The van der Waals surface area contributed by atoms with Gasteiger partial charge in [-0.05, 0) is 63.7 Å². The zero-order valence-corrected chi connectivity index (χ0v) is 38.6. The largest absolute Gasteiger partial charge is 0.472 e. The normalized spacial score (nSPS) is 21.1. The van der Waals surface area contributed by atoms with Crippen LogP contribution < -0.4 is 0 Å². The monoisotopic (exact) mass is 877 g/mol. The lowest BCUT2D eigenvalue weighted by Crippen LogP contribution is -2.37. The van der Waals surface area contributed by atoms with Gasteiger partial charge < -0.3 is 34.2 Å². The number of aliphatic hydroxyl groups is 3. The minimum atomic E-state index is -4.49. The van der Waals surface area contributed by atoms with Crippen LogP contribution in [0.4, 0.5) is 0 Å². The Bertz CT molecular complexity index is 1480. The number of unbranched alkanes of at least 4 members (excludes halogenated alkanes) is 2. The average Bonchev–Trinajstić information content (AvgIpc) is 3.47. The second-order valence-corrected chi connectivity index (χ2v) is 17.8. The molecule has 13 heteroatoms. The molecule has 346 valence electrons. The van der Waals surface area contributed by atoms with Crippen molar-refractivity contribution in [2.75, 3.05) is 47.5 Å². The van der Waals surface area contributed by atoms with Gasteiger partial charge in [0.25, 0.3) is 0 Å². The van der Waals surface area contributed by atoms with E-state index in [4.69, 9.17) is 18.5 Å². The third-order valence-corrected chi connectivity index (χ3v) is 10.7. The summed E-state index contributed by atoms with van der Waals surface area (Å²) in [5.41, 5.74) is 0. The van der Waals surface area contributed by atoms with Crippen LogP contribution in [0.1, 0.15) is 110 Å². The molecule has 7 atom stereocenters. The molecule has 1 aliphatic carbocycles. The van der Waals surface area contributed by atoms with E-state index in [1.165, 1.54) is 0 Å². The first kappa shape index (κ1) is 55.8. The number of allylic oxidation sites excluding steroid dienone is 13. The number of phosphoric acid groups is 1. The van der Waals surface area contributed by atoms with Crippen LogP contribution in [0.15, 0.2) is 97.2 Å². The first-order chi connectivity index (χ1) is 29.2. The maximum Gasteiger partial charge on any atom is 0.472 e. The van der Waals surface area contributed by atoms with Crippen molar-refractivity contribution in [3.8, 4) is 0 Å². The minimum absolute atomic E-state index is 0.0426. The molecule has 12 nitrogen and oxygen atoms in total. The molecule has 0 saturated heterocycles. The zero-order valence-electron chi connectivity index (χ0n) is 37.7. The molecule has 4 N–H and O–H groups in total. The van der Waals surface area contributed by atoms with Crippen molar-refractivity contribution in [3.63, 3.8) is 0 Å². The van der Waals surface area contributed by atoms with Crippen molar-refractivity contribution in [1.82, 2.24) is 0 Å². The minimum Gasteiger partial charge on any atom is -0.462 e. The van der Waals surface area contributed by atoms with E-state index < -0.39 is 50.8 Å². The number of quaternary nitrogens is 1. The lowest BCUT2D eigenvalue weighted by Gasteiger charge is -2.24. The first-order valence-corrected chi connectivity index (χ1v) is 23.7. The Kier molecular flexibility index (Phi) is 31.4. The molecule has 0 aromatic rings. The molecule has 1 aliphatic rings. The van der Waals surface area contributed by atoms with Gasteiger partial charge in [-0.1, -0.05) is 130 Å². The number of hydrogen-bond donors (Lipinski definition) is 4.